The van der Waals surface area contributed by atoms with Gasteiger partial charge in [-0.25, -0.2) is 0 Å². The molecule has 3 atom stereocenters. The Labute approximate surface area is 87.5 Å². The number of hydrogen-bond acceptors (Lipinski definition) is 1. The fraction of sp³-hybridized carbons (Fsp3) is 0.846. The van der Waals surface area contributed by atoms with Gasteiger partial charge in [-0.15, -0.1) is 0 Å². The van der Waals surface area contributed by atoms with Gasteiger partial charge >= 0.3 is 0 Å². The summed E-state index contributed by atoms with van der Waals surface area (Å²) in [5, 5.41) is 0. The lowest BCUT2D eigenvalue weighted by Crippen LogP contribution is -2.43. The molecule has 1 heteroatoms. The van der Waals surface area contributed by atoms with Gasteiger partial charge in [0.15, 0.2) is 0 Å². The first-order valence-corrected chi connectivity index (χ1v) is 5.93. The number of rotatable bonds is 0. The molecule has 2 rings (SSSR count). The van der Waals surface area contributed by atoms with E-state index >= 15 is 0 Å². The van der Waals surface area contributed by atoms with E-state index in [0.717, 1.165) is 5.92 Å². The van der Waals surface area contributed by atoms with Crippen molar-refractivity contribution in [3.63, 3.8) is 0 Å². The summed E-state index contributed by atoms with van der Waals surface area (Å²) >= 11 is 0. The van der Waals surface area contributed by atoms with Crippen molar-refractivity contribution < 1.29 is 4.74 Å². The van der Waals surface area contributed by atoms with Crippen LogP contribution in [0.5, 0.6) is 0 Å². The molecule has 0 radical (unpaired) electrons. The Balaban J connectivity index is 2.11. The molecule has 0 N–H and O–H groups in total. The summed E-state index contributed by atoms with van der Waals surface area (Å²) in [7, 11) is 0. The standard InChI is InChI=1S/C13H22O/c1-10-5-4-6-13(8-10)9-11(2)7-12(3)14-13/h5,11-12H,4,6-9H2,1-3H3/t11-,12-,13-/m0/s1. The zero-order valence-electron chi connectivity index (χ0n) is 9.68. The lowest BCUT2D eigenvalue weighted by atomic mass is 9.76. The highest BCUT2D eigenvalue weighted by Crippen LogP contribution is 2.42. The van der Waals surface area contributed by atoms with Crippen LogP contribution in [-0.4, -0.2) is 11.7 Å². The average molecular weight is 194 g/mol. The maximum Gasteiger partial charge on any atom is 0.0728 e. The first-order chi connectivity index (χ1) is 6.60. The van der Waals surface area contributed by atoms with Crippen LogP contribution >= 0.6 is 0 Å². The zero-order chi connectivity index (χ0) is 10.2. The van der Waals surface area contributed by atoms with E-state index in [-0.39, 0.29) is 5.60 Å². The summed E-state index contributed by atoms with van der Waals surface area (Å²) < 4.78 is 6.21. The summed E-state index contributed by atoms with van der Waals surface area (Å²) in [6.45, 7) is 6.84. The molecule has 1 aliphatic heterocycles. The minimum absolute atomic E-state index is 0.204. The van der Waals surface area contributed by atoms with Crippen molar-refractivity contribution in [2.45, 2.75) is 64.6 Å². The topological polar surface area (TPSA) is 9.23 Å². The molecule has 0 amide bonds. The molecule has 14 heavy (non-hydrogen) atoms. The Bertz CT molecular complexity index is 232. The molecule has 0 aromatic rings. The van der Waals surface area contributed by atoms with Crippen molar-refractivity contribution in [3.8, 4) is 0 Å². The van der Waals surface area contributed by atoms with Crippen LogP contribution in [0.2, 0.25) is 0 Å². The van der Waals surface area contributed by atoms with Gasteiger partial charge in [0.1, 0.15) is 0 Å². The van der Waals surface area contributed by atoms with Crippen LogP contribution < -0.4 is 0 Å². The highest BCUT2D eigenvalue weighted by molar-refractivity contribution is 5.10. The second-order valence-electron chi connectivity index (χ2n) is 5.42. The normalized spacial score (nSPS) is 43.8. The molecule has 0 saturated carbocycles. The molecule has 0 aromatic carbocycles. The van der Waals surface area contributed by atoms with Crippen LogP contribution in [0.25, 0.3) is 0 Å². The summed E-state index contributed by atoms with van der Waals surface area (Å²) in [5.41, 5.74) is 1.73. The Morgan fingerprint density at radius 2 is 2.21 bits per heavy atom. The van der Waals surface area contributed by atoms with Crippen molar-refractivity contribution in [3.05, 3.63) is 11.6 Å². The third kappa shape index (κ3) is 2.03. The van der Waals surface area contributed by atoms with Gasteiger partial charge in [-0.3, -0.25) is 0 Å². The molecule has 1 heterocycles. The predicted octanol–water partition coefficient (Wildman–Crippen LogP) is 3.69. The van der Waals surface area contributed by atoms with E-state index in [1.807, 2.05) is 0 Å². The molecular weight excluding hydrogens is 172 g/mol. The fourth-order valence-corrected chi connectivity index (χ4v) is 3.33. The van der Waals surface area contributed by atoms with Crippen molar-refractivity contribution in [1.82, 2.24) is 0 Å². The first kappa shape index (κ1) is 10.2. The highest BCUT2D eigenvalue weighted by atomic mass is 16.5. The minimum Gasteiger partial charge on any atom is -0.372 e. The van der Waals surface area contributed by atoms with Gasteiger partial charge in [-0.2, -0.15) is 0 Å². The van der Waals surface area contributed by atoms with Crippen LogP contribution in [0.3, 0.4) is 0 Å². The lowest BCUT2D eigenvalue weighted by molar-refractivity contribution is -0.141. The Hall–Kier alpha value is -0.300. The second-order valence-corrected chi connectivity index (χ2v) is 5.42. The predicted molar refractivity (Wildman–Crippen MR) is 59.3 cm³/mol. The lowest BCUT2D eigenvalue weighted by Gasteiger charge is -2.45. The summed E-state index contributed by atoms with van der Waals surface area (Å²) in [6.07, 6.45) is 8.96. The largest absolute Gasteiger partial charge is 0.372 e. The Morgan fingerprint density at radius 3 is 2.86 bits per heavy atom. The molecule has 0 unspecified atom stereocenters. The molecule has 1 nitrogen and oxygen atoms in total. The van der Waals surface area contributed by atoms with Crippen molar-refractivity contribution in [2.24, 2.45) is 5.92 Å². The van der Waals surface area contributed by atoms with Crippen LogP contribution in [0.4, 0.5) is 0 Å². The van der Waals surface area contributed by atoms with Gasteiger partial charge in [0, 0.05) is 0 Å². The van der Waals surface area contributed by atoms with E-state index in [2.05, 4.69) is 26.8 Å². The summed E-state index contributed by atoms with van der Waals surface area (Å²) in [6, 6.07) is 0. The zero-order valence-corrected chi connectivity index (χ0v) is 9.68. The van der Waals surface area contributed by atoms with E-state index in [1.54, 1.807) is 0 Å². The smallest absolute Gasteiger partial charge is 0.0728 e. The van der Waals surface area contributed by atoms with Gasteiger partial charge in [0.25, 0.3) is 0 Å². The summed E-state index contributed by atoms with van der Waals surface area (Å²) in [4.78, 5) is 0. The monoisotopic (exact) mass is 194 g/mol. The van der Waals surface area contributed by atoms with E-state index in [1.165, 1.54) is 37.7 Å². The van der Waals surface area contributed by atoms with Gasteiger partial charge < -0.3 is 4.74 Å². The molecular formula is C13H22O. The van der Waals surface area contributed by atoms with Gasteiger partial charge in [-0.05, 0) is 51.9 Å². The number of allylic oxidation sites excluding steroid dienone is 1. The van der Waals surface area contributed by atoms with Crippen molar-refractivity contribution in [2.75, 3.05) is 0 Å². The van der Waals surface area contributed by atoms with Crippen LogP contribution in [0.1, 0.15) is 52.9 Å². The van der Waals surface area contributed by atoms with Crippen LogP contribution in [-0.2, 0) is 4.74 Å². The van der Waals surface area contributed by atoms with E-state index in [4.69, 9.17) is 4.74 Å². The SMILES string of the molecule is CC1=CCC[C@]2(C1)C[C@@H](C)C[C@H](C)O2. The van der Waals surface area contributed by atoms with E-state index in [9.17, 15) is 0 Å². The average Bonchev–Trinajstić information content (AvgIpc) is 1.99. The maximum atomic E-state index is 6.21. The Morgan fingerprint density at radius 1 is 1.43 bits per heavy atom. The third-order valence-electron chi connectivity index (χ3n) is 3.60. The molecule has 0 bridgehead atoms. The van der Waals surface area contributed by atoms with E-state index in [0.29, 0.717) is 6.10 Å². The minimum atomic E-state index is 0.204. The van der Waals surface area contributed by atoms with E-state index < -0.39 is 0 Å². The molecule has 1 spiro atoms. The molecule has 80 valence electrons. The quantitative estimate of drug-likeness (QED) is 0.534. The molecule has 1 saturated heterocycles. The second kappa shape index (κ2) is 3.69. The third-order valence-corrected chi connectivity index (χ3v) is 3.60. The molecule has 1 fully saturated rings. The molecule has 0 aromatic heterocycles. The maximum absolute atomic E-state index is 6.21. The fourth-order valence-electron chi connectivity index (χ4n) is 3.33. The number of ether oxygens (including phenoxy) is 1. The Kier molecular flexibility index (Phi) is 2.70. The first-order valence-electron chi connectivity index (χ1n) is 5.93. The molecule has 1 aliphatic carbocycles. The molecule has 2 aliphatic rings. The summed E-state index contributed by atoms with van der Waals surface area (Å²) in [5.74, 6) is 0.838. The van der Waals surface area contributed by atoms with Gasteiger partial charge in [0.2, 0.25) is 0 Å². The van der Waals surface area contributed by atoms with Crippen LogP contribution in [0, 0.1) is 5.92 Å². The number of hydrogen-bond donors (Lipinski definition) is 0. The van der Waals surface area contributed by atoms with Gasteiger partial charge in [-0.1, -0.05) is 18.6 Å². The van der Waals surface area contributed by atoms with Crippen molar-refractivity contribution in [1.29, 1.82) is 0 Å². The van der Waals surface area contributed by atoms with Crippen molar-refractivity contribution >= 4 is 0 Å². The van der Waals surface area contributed by atoms with Gasteiger partial charge in [0.05, 0.1) is 11.7 Å². The highest BCUT2D eigenvalue weighted by Gasteiger charge is 2.39. The van der Waals surface area contributed by atoms with Crippen LogP contribution in [0.15, 0.2) is 11.6 Å².